The number of piperidine rings is 1. The molecule has 0 saturated carbocycles. The zero-order valence-electron chi connectivity index (χ0n) is 13.0. The molecule has 0 aromatic carbocycles. The van der Waals surface area contributed by atoms with E-state index in [9.17, 15) is 0 Å². The van der Waals surface area contributed by atoms with Crippen molar-refractivity contribution in [2.24, 2.45) is 0 Å². The fraction of sp³-hybridized carbons (Fsp3) is 0.625. The predicted molar refractivity (Wildman–Crippen MR) is 87.7 cm³/mol. The van der Waals surface area contributed by atoms with Gasteiger partial charge in [-0.15, -0.1) is 11.6 Å². The molecule has 2 atom stereocenters. The minimum Gasteiger partial charge on any atom is -0.304 e. The number of aryl methyl sites for hydroxylation is 2. The Bertz CT molecular complexity index is 626. The highest BCUT2D eigenvalue weighted by molar-refractivity contribution is 6.17. The van der Waals surface area contributed by atoms with E-state index in [2.05, 4.69) is 29.6 Å². The van der Waals surface area contributed by atoms with E-state index in [0.29, 0.717) is 18.0 Å². The summed E-state index contributed by atoms with van der Waals surface area (Å²) in [6.45, 7) is 6.62. The van der Waals surface area contributed by atoms with E-state index in [4.69, 9.17) is 21.6 Å². The van der Waals surface area contributed by atoms with Gasteiger partial charge in [0.25, 0.3) is 0 Å². The van der Waals surface area contributed by atoms with E-state index >= 15 is 0 Å². The first kappa shape index (κ1) is 14.6. The van der Waals surface area contributed by atoms with Crippen LogP contribution in [0.3, 0.4) is 0 Å². The zero-order valence-corrected chi connectivity index (χ0v) is 13.8. The van der Waals surface area contributed by atoms with Gasteiger partial charge >= 0.3 is 0 Å². The third kappa shape index (κ3) is 2.61. The highest BCUT2D eigenvalue weighted by Gasteiger charge is 2.28. The van der Waals surface area contributed by atoms with Crippen molar-refractivity contribution in [1.82, 2.24) is 14.6 Å². The van der Waals surface area contributed by atoms with Gasteiger partial charge in [-0.25, -0.2) is 14.6 Å². The average molecular weight is 307 g/mol. The van der Waals surface area contributed by atoms with Gasteiger partial charge in [-0.2, -0.15) is 0 Å². The van der Waals surface area contributed by atoms with Crippen molar-refractivity contribution in [3.63, 3.8) is 0 Å². The standard InChI is InChI=1S/C16H23ClN4/c1-11-7-8-14-16(18-11)21(15(19-14)9-10-17)20-12(2)5-4-6-13(20)3/h7-8,12-13H,4-6,9-10H2,1-3H3. The molecule has 0 amide bonds. The number of nitrogens with zero attached hydrogens (tertiary/aromatic N) is 4. The molecule has 0 bridgehead atoms. The van der Waals surface area contributed by atoms with E-state index in [-0.39, 0.29) is 0 Å². The molecule has 114 valence electrons. The van der Waals surface area contributed by atoms with Crippen molar-refractivity contribution in [3.05, 3.63) is 23.7 Å². The number of fused-ring (bicyclic) bond motifs is 1. The number of aromatic nitrogens is 3. The maximum absolute atomic E-state index is 5.99. The lowest BCUT2D eigenvalue weighted by Crippen LogP contribution is -2.51. The van der Waals surface area contributed by atoms with E-state index < -0.39 is 0 Å². The zero-order chi connectivity index (χ0) is 15.0. The summed E-state index contributed by atoms with van der Waals surface area (Å²) in [4.78, 5) is 9.50. The molecule has 1 fully saturated rings. The summed E-state index contributed by atoms with van der Waals surface area (Å²) < 4.78 is 2.24. The lowest BCUT2D eigenvalue weighted by atomic mass is 10.00. The van der Waals surface area contributed by atoms with Crippen LogP contribution in [0.15, 0.2) is 12.1 Å². The molecule has 1 saturated heterocycles. The van der Waals surface area contributed by atoms with Gasteiger partial charge in [-0.3, -0.25) is 0 Å². The van der Waals surface area contributed by atoms with E-state index in [0.717, 1.165) is 29.1 Å². The van der Waals surface area contributed by atoms with Crippen molar-refractivity contribution in [3.8, 4) is 0 Å². The van der Waals surface area contributed by atoms with Gasteiger partial charge in [0.1, 0.15) is 11.3 Å². The lowest BCUT2D eigenvalue weighted by molar-refractivity contribution is 0.335. The molecule has 21 heavy (non-hydrogen) atoms. The lowest BCUT2D eigenvalue weighted by Gasteiger charge is -2.41. The SMILES string of the molecule is Cc1ccc2nc(CCCl)n(N3C(C)CCCC3C)c2n1. The normalized spacial score (nSPS) is 23.0. The largest absolute Gasteiger partial charge is 0.304 e. The number of halogens is 1. The summed E-state index contributed by atoms with van der Waals surface area (Å²) in [5.74, 6) is 1.61. The molecule has 2 aromatic heterocycles. The second-order valence-electron chi connectivity index (χ2n) is 6.08. The molecular weight excluding hydrogens is 284 g/mol. The summed E-state index contributed by atoms with van der Waals surface area (Å²) in [6.07, 6.45) is 4.50. The Labute approximate surface area is 131 Å². The van der Waals surface area contributed by atoms with Crippen LogP contribution in [0, 0.1) is 6.92 Å². The topological polar surface area (TPSA) is 34.0 Å². The van der Waals surface area contributed by atoms with E-state index in [1.807, 2.05) is 13.0 Å². The second-order valence-corrected chi connectivity index (χ2v) is 6.46. The second kappa shape index (κ2) is 5.84. The summed E-state index contributed by atoms with van der Waals surface area (Å²) in [5, 5.41) is 2.45. The molecule has 0 radical (unpaired) electrons. The Morgan fingerprint density at radius 3 is 2.57 bits per heavy atom. The summed E-state index contributed by atoms with van der Waals surface area (Å²) in [7, 11) is 0. The van der Waals surface area contributed by atoms with Gasteiger partial charge in [0.2, 0.25) is 0 Å². The Morgan fingerprint density at radius 2 is 1.90 bits per heavy atom. The van der Waals surface area contributed by atoms with Crippen LogP contribution < -0.4 is 5.01 Å². The summed E-state index contributed by atoms with van der Waals surface area (Å²) in [5.41, 5.74) is 2.96. The van der Waals surface area contributed by atoms with Gasteiger partial charge in [0.05, 0.1) is 0 Å². The molecule has 2 unspecified atom stereocenters. The maximum atomic E-state index is 5.99. The van der Waals surface area contributed by atoms with Crippen molar-refractivity contribution >= 4 is 22.8 Å². The Kier molecular flexibility index (Phi) is 4.07. The Hall–Kier alpha value is -1.29. The first-order valence-corrected chi connectivity index (χ1v) is 8.35. The van der Waals surface area contributed by atoms with Crippen LogP contribution in [0.2, 0.25) is 0 Å². The van der Waals surface area contributed by atoms with Crippen LogP contribution in [-0.4, -0.2) is 32.6 Å². The summed E-state index contributed by atoms with van der Waals surface area (Å²) >= 11 is 5.99. The quantitative estimate of drug-likeness (QED) is 0.815. The third-order valence-electron chi connectivity index (χ3n) is 4.38. The van der Waals surface area contributed by atoms with Crippen LogP contribution in [-0.2, 0) is 6.42 Å². The van der Waals surface area contributed by atoms with Gasteiger partial charge < -0.3 is 5.01 Å². The van der Waals surface area contributed by atoms with Crippen LogP contribution in [0.1, 0.15) is 44.6 Å². The highest BCUT2D eigenvalue weighted by Crippen LogP contribution is 2.25. The summed E-state index contributed by atoms with van der Waals surface area (Å²) in [6, 6.07) is 5.09. The predicted octanol–water partition coefficient (Wildman–Crippen LogP) is 3.42. The third-order valence-corrected chi connectivity index (χ3v) is 4.57. The van der Waals surface area contributed by atoms with Gasteiger partial charge in [-0.05, 0) is 52.2 Å². The molecule has 2 aromatic rings. The fourth-order valence-corrected chi connectivity index (χ4v) is 3.55. The molecule has 0 aliphatic carbocycles. The Morgan fingerprint density at radius 1 is 1.19 bits per heavy atom. The molecule has 0 N–H and O–H groups in total. The van der Waals surface area contributed by atoms with E-state index in [1.54, 1.807) is 0 Å². The number of hydrogen-bond donors (Lipinski definition) is 0. The molecule has 1 aliphatic rings. The first-order valence-electron chi connectivity index (χ1n) is 7.81. The van der Waals surface area contributed by atoms with Gasteiger partial charge in [0, 0.05) is 30.1 Å². The maximum Gasteiger partial charge on any atom is 0.179 e. The number of hydrogen-bond acceptors (Lipinski definition) is 3. The molecule has 0 spiro atoms. The molecule has 5 heteroatoms. The van der Waals surface area contributed by atoms with Crippen LogP contribution in [0.25, 0.3) is 11.2 Å². The molecule has 1 aliphatic heterocycles. The average Bonchev–Trinajstić information content (AvgIpc) is 2.77. The van der Waals surface area contributed by atoms with Crippen molar-refractivity contribution in [1.29, 1.82) is 0 Å². The van der Waals surface area contributed by atoms with Crippen LogP contribution in [0.5, 0.6) is 0 Å². The minimum absolute atomic E-state index is 0.502. The van der Waals surface area contributed by atoms with Crippen molar-refractivity contribution in [2.45, 2.75) is 58.5 Å². The Balaban J connectivity index is 2.17. The number of rotatable bonds is 3. The fourth-order valence-electron chi connectivity index (χ4n) is 3.38. The molecule has 3 heterocycles. The number of pyridine rings is 1. The molecule has 4 nitrogen and oxygen atoms in total. The number of imidazole rings is 1. The highest BCUT2D eigenvalue weighted by atomic mass is 35.5. The van der Waals surface area contributed by atoms with E-state index in [1.165, 1.54) is 19.3 Å². The van der Waals surface area contributed by atoms with Gasteiger partial charge in [0.15, 0.2) is 5.65 Å². The van der Waals surface area contributed by atoms with Crippen molar-refractivity contribution in [2.75, 3.05) is 10.9 Å². The number of alkyl halides is 1. The van der Waals surface area contributed by atoms with Crippen molar-refractivity contribution < 1.29 is 0 Å². The smallest absolute Gasteiger partial charge is 0.179 e. The molecule has 3 rings (SSSR count). The first-order chi connectivity index (χ1) is 10.1. The molecular formula is C16H23ClN4. The monoisotopic (exact) mass is 306 g/mol. The van der Waals surface area contributed by atoms with Crippen LogP contribution in [0.4, 0.5) is 0 Å². The van der Waals surface area contributed by atoms with Gasteiger partial charge in [-0.1, -0.05) is 0 Å². The van der Waals surface area contributed by atoms with Crippen LogP contribution >= 0.6 is 11.6 Å². The minimum atomic E-state index is 0.502.